The van der Waals surface area contributed by atoms with Crippen LogP contribution in [0.1, 0.15) is 12.8 Å². The Balaban J connectivity index is 0.00000288. The fourth-order valence-corrected chi connectivity index (χ4v) is 2.37. The first-order valence-corrected chi connectivity index (χ1v) is 7.26. The molecule has 0 spiro atoms. The SMILES string of the molecule is Cl.O=C(O)CNC(=O)CN1CCC(Oc2ccc(F)cc2F)CC1. The lowest BCUT2D eigenvalue weighted by atomic mass is 10.1. The Bertz CT molecular complexity index is 581. The maximum Gasteiger partial charge on any atom is 0.322 e. The molecule has 0 unspecified atom stereocenters. The van der Waals surface area contributed by atoms with Crippen molar-refractivity contribution in [3.63, 3.8) is 0 Å². The first-order valence-electron chi connectivity index (χ1n) is 7.26. The number of benzene rings is 1. The second-order valence-electron chi connectivity index (χ2n) is 5.34. The summed E-state index contributed by atoms with van der Waals surface area (Å²) in [4.78, 5) is 23.8. The Morgan fingerprint density at radius 2 is 1.96 bits per heavy atom. The average Bonchev–Trinajstić information content (AvgIpc) is 2.50. The molecule has 1 heterocycles. The van der Waals surface area contributed by atoms with Gasteiger partial charge in [-0.05, 0) is 25.0 Å². The summed E-state index contributed by atoms with van der Waals surface area (Å²) >= 11 is 0. The highest BCUT2D eigenvalue weighted by molar-refractivity contribution is 5.85. The van der Waals surface area contributed by atoms with Gasteiger partial charge in [0, 0.05) is 19.2 Å². The monoisotopic (exact) mass is 364 g/mol. The quantitative estimate of drug-likeness (QED) is 0.798. The minimum Gasteiger partial charge on any atom is -0.487 e. The van der Waals surface area contributed by atoms with E-state index in [0.717, 1.165) is 12.1 Å². The number of likely N-dealkylation sites (tertiary alicyclic amines) is 1. The predicted molar refractivity (Wildman–Crippen MR) is 84.3 cm³/mol. The van der Waals surface area contributed by atoms with Gasteiger partial charge in [-0.2, -0.15) is 0 Å². The van der Waals surface area contributed by atoms with Crippen LogP contribution >= 0.6 is 12.4 Å². The number of nitrogens with one attached hydrogen (secondary N) is 1. The van der Waals surface area contributed by atoms with Crippen molar-refractivity contribution in [3.05, 3.63) is 29.8 Å². The summed E-state index contributed by atoms with van der Waals surface area (Å²) in [7, 11) is 0. The van der Waals surface area contributed by atoms with Gasteiger partial charge in [0.25, 0.3) is 0 Å². The summed E-state index contributed by atoms with van der Waals surface area (Å²) in [6.07, 6.45) is 1.000. The van der Waals surface area contributed by atoms with Gasteiger partial charge in [-0.3, -0.25) is 14.5 Å². The number of piperidine rings is 1. The summed E-state index contributed by atoms with van der Waals surface area (Å²) in [5.74, 6) is -2.82. The molecule has 0 bridgehead atoms. The van der Waals surface area contributed by atoms with Crippen LogP contribution in [-0.4, -0.2) is 54.2 Å². The van der Waals surface area contributed by atoms with E-state index in [4.69, 9.17) is 9.84 Å². The van der Waals surface area contributed by atoms with E-state index in [2.05, 4.69) is 5.32 Å². The number of carbonyl (C=O) groups excluding carboxylic acids is 1. The van der Waals surface area contributed by atoms with Crippen molar-refractivity contribution in [1.82, 2.24) is 10.2 Å². The molecule has 0 radical (unpaired) electrons. The van der Waals surface area contributed by atoms with Gasteiger partial charge in [0.1, 0.15) is 18.5 Å². The lowest BCUT2D eigenvalue weighted by Crippen LogP contribution is -2.44. The number of carboxylic acids is 1. The number of carboxylic acid groups (broad SMARTS) is 1. The van der Waals surface area contributed by atoms with Crippen molar-refractivity contribution in [3.8, 4) is 5.75 Å². The third kappa shape index (κ3) is 6.29. The molecule has 0 aromatic heterocycles. The minimum absolute atomic E-state index is 0. The van der Waals surface area contributed by atoms with Crippen molar-refractivity contribution in [2.24, 2.45) is 0 Å². The average molecular weight is 365 g/mol. The van der Waals surface area contributed by atoms with Gasteiger partial charge < -0.3 is 15.2 Å². The summed E-state index contributed by atoms with van der Waals surface area (Å²) < 4.78 is 31.9. The highest BCUT2D eigenvalue weighted by Gasteiger charge is 2.23. The topological polar surface area (TPSA) is 78.9 Å². The molecule has 1 aromatic rings. The second kappa shape index (κ2) is 9.39. The number of carbonyl (C=O) groups is 2. The molecule has 1 saturated heterocycles. The molecule has 0 aliphatic carbocycles. The van der Waals surface area contributed by atoms with Crippen LogP contribution in [0.2, 0.25) is 0 Å². The van der Waals surface area contributed by atoms with Crippen LogP contribution < -0.4 is 10.1 Å². The van der Waals surface area contributed by atoms with E-state index in [0.29, 0.717) is 25.9 Å². The Morgan fingerprint density at radius 1 is 1.29 bits per heavy atom. The maximum atomic E-state index is 13.5. The van der Waals surface area contributed by atoms with E-state index in [1.807, 2.05) is 4.90 Å². The summed E-state index contributed by atoms with van der Waals surface area (Å²) in [6, 6.07) is 3.17. The van der Waals surface area contributed by atoms with Gasteiger partial charge in [0.05, 0.1) is 6.54 Å². The third-order valence-corrected chi connectivity index (χ3v) is 3.53. The maximum absolute atomic E-state index is 13.5. The van der Waals surface area contributed by atoms with Crippen molar-refractivity contribution in [2.75, 3.05) is 26.2 Å². The van der Waals surface area contributed by atoms with Gasteiger partial charge in [0.15, 0.2) is 11.6 Å². The molecule has 1 aliphatic rings. The summed E-state index contributed by atoms with van der Waals surface area (Å²) in [5, 5.41) is 10.8. The Labute approximate surface area is 144 Å². The van der Waals surface area contributed by atoms with Gasteiger partial charge >= 0.3 is 5.97 Å². The van der Waals surface area contributed by atoms with E-state index in [1.165, 1.54) is 6.07 Å². The molecule has 2 rings (SSSR count). The number of hydrogen-bond donors (Lipinski definition) is 2. The smallest absolute Gasteiger partial charge is 0.322 e. The van der Waals surface area contributed by atoms with E-state index in [1.54, 1.807) is 0 Å². The summed E-state index contributed by atoms with van der Waals surface area (Å²) in [5.41, 5.74) is 0. The second-order valence-corrected chi connectivity index (χ2v) is 5.34. The van der Waals surface area contributed by atoms with Crippen LogP contribution in [0.25, 0.3) is 0 Å². The van der Waals surface area contributed by atoms with Gasteiger partial charge in [-0.1, -0.05) is 0 Å². The fraction of sp³-hybridized carbons (Fsp3) is 0.467. The van der Waals surface area contributed by atoms with Crippen molar-refractivity contribution in [1.29, 1.82) is 0 Å². The molecule has 0 saturated carbocycles. The zero-order valence-electron chi connectivity index (χ0n) is 12.8. The van der Waals surface area contributed by atoms with Crippen LogP contribution in [0.3, 0.4) is 0 Å². The molecule has 24 heavy (non-hydrogen) atoms. The molecule has 0 atom stereocenters. The van der Waals surface area contributed by atoms with Gasteiger partial charge in [0.2, 0.25) is 5.91 Å². The van der Waals surface area contributed by atoms with Crippen LogP contribution in [0.15, 0.2) is 18.2 Å². The first-order chi connectivity index (χ1) is 10.9. The van der Waals surface area contributed by atoms with E-state index in [9.17, 15) is 18.4 Å². The number of nitrogens with zero attached hydrogens (tertiary/aromatic N) is 1. The third-order valence-electron chi connectivity index (χ3n) is 3.53. The van der Waals surface area contributed by atoms with Crippen LogP contribution in [0.4, 0.5) is 8.78 Å². The molecule has 6 nitrogen and oxygen atoms in total. The Kier molecular flexibility index (Phi) is 7.87. The molecule has 9 heteroatoms. The molecular formula is C15H19ClF2N2O4. The van der Waals surface area contributed by atoms with Crippen molar-refractivity contribution < 1.29 is 28.2 Å². The molecule has 1 amide bonds. The number of ether oxygens (including phenoxy) is 1. The Morgan fingerprint density at radius 3 is 2.54 bits per heavy atom. The summed E-state index contributed by atoms with van der Waals surface area (Å²) in [6.45, 7) is 0.870. The number of amides is 1. The molecule has 2 N–H and O–H groups in total. The molecule has 1 fully saturated rings. The fourth-order valence-electron chi connectivity index (χ4n) is 2.37. The van der Waals surface area contributed by atoms with Crippen molar-refractivity contribution >= 4 is 24.3 Å². The van der Waals surface area contributed by atoms with Gasteiger partial charge in [-0.25, -0.2) is 8.78 Å². The number of rotatable bonds is 6. The lowest BCUT2D eigenvalue weighted by Gasteiger charge is -2.31. The van der Waals surface area contributed by atoms with Crippen LogP contribution in [0.5, 0.6) is 5.75 Å². The molecule has 134 valence electrons. The van der Waals surface area contributed by atoms with E-state index in [-0.39, 0.29) is 36.7 Å². The number of aliphatic carboxylic acids is 1. The van der Waals surface area contributed by atoms with Crippen molar-refractivity contribution in [2.45, 2.75) is 18.9 Å². The van der Waals surface area contributed by atoms with E-state index < -0.39 is 24.1 Å². The predicted octanol–water partition coefficient (Wildman–Crippen LogP) is 1.43. The first kappa shape index (κ1) is 20.1. The van der Waals surface area contributed by atoms with Gasteiger partial charge in [-0.15, -0.1) is 12.4 Å². The minimum atomic E-state index is -1.09. The molecule has 1 aromatic carbocycles. The standard InChI is InChI=1S/C15H18F2N2O4.ClH/c16-10-1-2-13(12(17)7-10)23-11-3-5-19(6-4-11)9-14(20)18-8-15(21)22;/h1-2,7,11H,3-6,8-9H2,(H,18,20)(H,21,22);1H. The largest absolute Gasteiger partial charge is 0.487 e. The zero-order chi connectivity index (χ0) is 16.8. The highest BCUT2D eigenvalue weighted by atomic mass is 35.5. The van der Waals surface area contributed by atoms with Crippen LogP contribution in [0, 0.1) is 11.6 Å². The van der Waals surface area contributed by atoms with E-state index >= 15 is 0 Å². The molecular weight excluding hydrogens is 346 g/mol. The normalized spacial score (nSPS) is 15.4. The lowest BCUT2D eigenvalue weighted by molar-refractivity contribution is -0.138. The number of halogens is 3. The molecule has 1 aliphatic heterocycles. The number of hydrogen-bond acceptors (Lipinski definition) is 4. The Hall–Kier alpha value is -1.93. The zero-order valence-corrected chi connectivity index (χ0v) is 13.7. The highest BCUT2D eigenvalue weighted by Crippen LogP contribution is 2.22. The van der Waals surface area contributed by atoms with Crippen LogP contribution in [-0.2, 0) is 9.59 Å².